The summed E-state index contributed by atoms with van der Waals surface area (Å²) in [6, 6.07) is 7.38. The van der Waals surface area contributed by atoms with Gasteiger partial charge in [0.15, 0.2) is 0 Å². The molecule has 29 heavy (non-hydrogen) atoms. The van der Waals surface area contributed by atoms with E-state index in [9.17, 15) is 9.59 Å². The second kappa shape index (κ2) is 8.16. The Kier molecular flexibility index (Phi) is 5.61. The predicted molar refractivity (Wildman–Crippen MR) is 110 cm³/mol. The van der Waals surface area contributed by atoms with E-state index in [-0.39, 0.29) is 17.9 Å². The number of hydrogen-bond donors (Lipinski definition) is 2. The molecular formula is C22H29N3O4. The first-order chi connectivity index (χ1) is 14.0. The van der Waals surface area contributed by atoms with E-state index in [1.807, 2.05) is 35.4 Å². The van der Waals surface area contributed by atoms with Crippen LogP contribution in [0.1, 0.15) is 32.3 Å². The zero-order chi connectivity index (χ0) is 20.4. The Bertz CT molecular complexity index is 887. The number of rotatable bonds is 5. The van der Waals surface area contributed by atoms with Crippen molar-refractivity contribution in [2.75, 3.05) is 26.3 Å². The SMILES string of the molecule is CCC1CN(C(=O)C(Cc2c[nH]c3ccccc23)NC(C)=O)CC2(CCOC2)O1. The minimum Gasteiger partial charge on any atom is -0.378 e. The molecule has 1 aromatic carbocycles. The Labute approximate surface area is 170 Å². The molecule has 3 heterocycles. The summed E-state index contributed by atoms with van der Waals surface area (Å²) < 4.78 is 11.9. The highest BCUT2D eigenvalue weighted by atomic mass is 16.6. The van der Waals surface area contributed by atoms with E-state index < -0.39 is 11.6 Å². The van der Waals surface area contributed by atoms with Crippen LogP contribution in [0.25, 0.3) is 10.9 Å². The summed E-state index contributed by atoms with van der Waals surface area (Å²) in [6.45, 7) is 5.74. The smallest absolute Gasteiger partial charge is 0.245 e. The highest BCUT2D eigenvalue weighted by Crippen LogP contribution is 2.31. The van der Waals surface area contributed by atoms with Crippen LogP contribution in [0.15, 0.2) is 30.5 Å². The van der Waals surface area contributed by atoms with Gasteiger partial charge >= 0.3 is 0 Å². The van der Waals surface area contributed by atoms with Gasteiger partial charge in [0.05, 0.1) is 19.3 Å². The van der Waals surface area contributed by atoms with Crippen LogP contribution < -0.4 is 5.32 Å². The molecule has 2 N–H and O–H groups in total. The molecule has 2 fully saturated rings. The van der Waals surface area contributed by atoms with E-state index in [0.717, 1.165) is 29.3 Å². The molecule has 156 valence electrons. The first-order valence-electron chi connectivity index (χ1n) is 10.4. The van der Waals surface area contributed by atoms with E-state index >= 15 is 0 Å². The van der Waals surface area contributed by atoms with Crippen LogP contribution in [-0.2, 0) is 25.5 Å². The molecule has 2 aliphatic rings. The third kappa shape index (κ3) is 4.16. The van der Waals surface area contributed by atoms with Gasteiger partial charge in [-0.2, -0.15) is 0 Å². The molecule has 1 spiro atoms. The Morgan fingerprint density at radius 1 is 1.38 bits per heavy atom. The average molecular weight is 399 g/mol. The lowest BCUT2D eigenvalue weighted by Crippen LogP contribution is -2.61. The number of nitrogens with zero attached hydrogens (tertiary/aromatic N) is 1. The Hall–Kier alpha value is -2.38. The van der Waals surface area contributed by atoms with Crippen molar-refractivity contribution in [1.82, 2.24) is 15.2 Å². The number of carbonyl (C=O) groups is 2. The number of nitrogens with one attached hydrogen (secondary N) is 2. The molecule has 3 atom stereocenters. The summed E-state index contributed by atoms with van der Waals surface area (Å²) >= 11 is 0. The number of H-pyrrole nitrogens is 1. The summed E-state index contributed by atoms with van der Waals surface area (Å²) in [5, 5.41) is 3.95. The van der Waals surface area contributed by atoms with E-state index in [0.29, 0.717) is 32.7 Å². The van der Waals surface area contributed by atoms with Gasteiger partial charge in [-0.15, -0.1) is 0 Å². The monoisotopic (exact) mass is 399 g/mol. The maximum atomic E-state index is 13.5. The number of aromatic nitrogens is 1. The lowest BCUT2D eigenvalue weighted by molar-refractivity contribution is -0.171. The lowest BCUT2D eigenvalue weighted by atomic mass is 9.96. The van der Waals surface area contributed by atoms with Crippen molar-refractivity contribution >= 4 is 22.7 Å². The fraction of sp³-hybridized carbons (Fsp3) is 0.545. The first kappa shape index (κ1) is 19.9. The van der Waals surface area contributed by atoms with E-state index in [4.69, 9.17) is 9.47 Å². The third-order valence-electron chi connectivity index (χ3n) is 5.93. The maximum Gasteiger partial charge on any atom is 0.245 e. The number of amides is 2. The second-order valence-electron chi connectivity index (χ2n) is 8.17. The van der Waals surface area contributed by atoms with Crippen LogP contribution in [0.4, 0.5) is 0 Å². The summed E-state index contributed by atoms with van der Waals surface area (Å²) in [5.74, 6) is -0.263. The van der Waals surface area contributed by atoms with Crippen molar-refractivity contribution in [3.05, 3.63) is 36.0 Å². The number of hydrogen-bond acceptors (Lipinski definition) is 4. The topological polar surface area (TPSA) is 83.7 Å². The maximum absolute atomic E-state index is 13.5. The van der Waals surface area contributed by atoms with Gasteiger partial charge in [-0.3, -0.25) is 9.59 Å². The minimum absolute atomic E-state index is 0.0135. The van der Waals surface area contributed by atoms with Crippen LogP contribution in [-0.4, -0.2) is 65.7 Å². The molecule has 7 nitrogen and oxygen atoms in total. The number of carbonyl (C=O) groups excluding carboxylic acids is 2. The number of aromatic amines is 1. The van der Waals surface area contributed by atoms with Crippen LogP contribution in [0, 0.1) is 0 Å². The van der Waals surface area contributed by atoms with Crippen LogP contribution in [0.3, 0.4) is 0 Å². The Balaban J connectivity index is 1.57. The number of para-hydroxylation sites is 1. The minimum atomic E-state index is -0.610. The Morgan fingerprint density at radius 3 is 2.93 bits per heavy atom. The largest absolute Gasteiger partial charge is 0.378 e. The average Bonchev–Trinajstić information content (AvgIpc) is 3.33. The van der Waals surface area contributed by atoms with E-state index in [1.165, 1.54) is 6.92 Å². The summed E-state index contributed by atoms with van der Waals surface area (Å²) in [6.07, 6.45) is 3.98. The zero-order valence-corrected chi connectivity index (χ0v) is 17.1. The number of ether oxygens (including phenoxy) is 2. The number of benzene rings is 1. The van der Waals surface area contributed by atoms with Crippen LogP contribution in [0.5, 0.6) is 0 Å². The van der Waals surface area contributed by atoms with Gasteiger partial charge in [-0.25, -0.2) is 0 Å². The van der Waals surface area contributed by atoms with Gasteiger partial charge in [-0.1, -0.05) is 25.1 Å². The third-order valence-corrected chi connectivity index (χ3v) is 5.93. The molecule has 0 saturated carbocycles. The molecule has 2 saturated heterocycles. The molecule has 0 bridgehead atoms. The summed E-state index contributed by atoms with van der Waals surface area (Å²) in [5.41, 5.74) is 1.62. The fourth-order valence-electron chi connectivity index (χ4n) is 4.46. The van der Waals surface area contributed by atoms with Crippen molar-refractivity contribution in [3.8, 4) is 0 Å². The van der Waals surface area contributed by atoms with Crippen molar-refractivity contribution < 1.29 is 19.1 Å². The van der Waals surface area contributed by atoms with Crippen molar-refractivity contribution in [3.63, 3.8) is 0 Å². The van der Waals surface area contributed by atoms with Gasteiger partial charge in [0.25, 0.3) is 0 Å². The van der Waals surface area contributed by atoms with E-state index in [1.54, 1.807) is 0 Å². The molecule has 4 rings (SSSR count). The highest BCUT2D eigenvalue weighted by Gasteiger charge is 2.45. The summed E-state index contributed by atoms with van der Waals surface area (Å²) in [4.78, 5) is 30.5. The lowest BCUT2D eigenvalue weighted by Gasteiger charge is -2.44. The van der Waals surface area contributed by atoms with Crippen molar-refractivity contribution in [1.29, 1.82) is 0 Å². The van der Waals surface area contributed by atoms with Gasteiger partial charge in [0.1, 0.15) is 11.6 Å². The molecule has 0 aliphatic carbocycles. The van der Waals surface area contributed by atoms with Crippen molar-refractivity contribution in [2.45, 2.75) is 50.9 Å². The van der Waals surface area contributed by atoms with Gasteiger partial charge < -0.3 is 24.7 Å². The quantitative estimate of drug-likeness (QED) is 0.806. The molecule has 0 radical (unpaired) electrons. The normalized spacial score (nSPS) is 25.4. The van der Waals surface area contributed by atoms with Gasteiger partial charge in [0, 0.05) is 50.0 Å². The molecule has 2 aromatic rings. The number of fused-ring (bicyclic) bond motifs is 1. The Morgan fingerprint density at radius 2 is 2.21 bits per heavy atom. The van der Waals surface area contributed by atoms with Crippen LogP contribution in [0.2, 0.25) is 0 Å². The summed E-state index contributed by atoms with van der Waals surface area (Å²) in [7, 11) is 0. The molecule has 3 unspecified atom stereocenters. The molecule has 1 aromatic heterocycles. The standard InChI is InChI=1S/C22H29N3O4/c1-3-17-12-25(13-22(29-17)8-9-28-14-22)21(27)20(24-15(2)26)10-16-11-23-19-7-5-4-6-18(16)19/h4-7,11,17,20,23H,3,8-10,12-14H2,1-2H3,(H,24,26). The van der Waals surface area contributed by atoms with E-state index in [2.05, 4.69) is 17.2 Å². The number of morpholine rings is 1. The van der Waals surface area contributed by atoms with Crippen LogP contribution >= 0.6 is 0 Å². The zero-order valence-electron chi connectivity index (χ0n) is 17.1. The first-order valence-corrected chi connectivity index (χ1v) is 10.4. The predicted octanol–water partition coefficient (Wildman–Crippen LogP) is 2.01. The molecular weight excluding hydrogens is 370 g/mol. The van der Waals surface area contributed by atoms with Crippen molar-refractivity contribution in [2.24, 2.45) is 0 Å². The van der Waals surface area contributed by atoms with Gasteiger partial charge in [-0.05, 0) is 18.1 Å². The molecule has 2 amide bonds. The highest BCUT2D eigenvalue weighted by molar-refractivity contribution is 5.89. The fourth-order valence-corrected chi connectivity index (χ4v) is 4.46. The molecule has 2 aliphatic heterocycles. The second-order valence-corrected chi connectivity index (χ2v) is 8.17. The molecule has 7 heteroatoms. The van der Waals surface area contributed by atoms with Gasteiger partial charge in [0.2, 0.25) is 11.8 Å².